The van der Waals surface area contributed by atoms with Gasteiger partial charge >= 0.3 is 0 Å². The number of amidine groups is 1. The summed E-state index contributed by atoms with van der Waals surface area (Å²) in [5.41, 5.74) is 1.96. The van der Waals surface area contributed by atoms with Crippen molar-refractivity contribution in [3.63, 3.8) is 0 Å². The van der Waals surface area contributed by atoms with Gasteiger partial charge in [-0.3, -0.25) is 19.9 Å². The molecule has 2 heterocycles. The zero-order valence-electron chi connectivity index (χ0n) is 19.4. The van der Waals surface area contributed by atoms with Crippen LogP contribution in [-0.4, -0.2) is 37.0 Å². The van der Waals surface area contributed by atoms with E-state index in [2.05, 4.69) is 35.9 Å². The van der Waals surface area contributed by atoms with Gasteiger partial charge in [0.05, 0.1) is 36.4 Å². The van der Waals surface area contributed by atoms with Gasteiger partial charge in [0.1, 0.15) is 11.4 Å². The van der Waals surface area contributed by atoms with Crippen LogP contribution >= 0.6 is 0 Å². The van der Waals surface area contributed by atoms with E-state index >= 15 is 0 Å². The van der Waals surface area contributed by atoms with Crippen molar-refractivity contribution in [2.75, 3.05) is 0 Å². The molecule has 0 radical (unpaired) electrons. The Morgan fingerprint density at radius 2 is 1.97 bits per heavy atom. The van der Waals surface area contributed by atoms with Gasteiger partial charge in [0, 0.05) is 17.7 Å². The monoisotopic (exact) mass is 474 g/mol. The molecule has 180 valence electrons. The van der Waals surface area contributed by atoms with Gasteiger partial charge in [-0.2, -0.15) is 10.0 Å². The molecule has 1 aromatic carbocycles. The lowest BCUT2D eigenvalue weighted by Gasteiger charge is -2.19. The predicted octanol–water partition coefficient (Wildman–Crippen LogP) is 3.74. The highest BCUT2D eigenvalue weighted by Crippen LogP contribution is 2.43. The normalized spacial score (nSPS) is 14.6. The minimum atomic E-state index is -0.834. The van der Waals surface area contributed by atoms with Crippen LogP contribution in [-0.2, 0) is 6.54 Å². The van der Waals surface area contributed by atoms with E-state index in [-0.39, 0.29) is 18.3 Å². The lowest BCUT2D eigenvalue weighted by Crippen LogP contribution is -2.35. The number of nitrogens with one attached hydrogen (secondary N) is 2. The SMILES string of the molecule is CC(C)(Cn1cc(C(=O)NC(=N)[C@@H](c2ccc(-c3cnc(N=NN)cn3)cc2)C2CC2)cn1)N=O. The first-order chi connectivity index (χ1) is 16.8. The summed E-state index contributed by atoms with van der Waals surface area (Å²) < 4.78 is 1.51. The predicted molar refractivity (Wildman–Crippen MR) is 129 cm³/mol. The number of rotatable bonds is 9. The van der Waals surface area contributed by atoms with Gasteiger partial charge < -0.3 is 11.2 Å². The third kappa shape index (κ3) is 5.78. The Hall–Kier alpha value is -4.35. The van der Waals surface area contributed by atoms with Crippen molar-refractivity contribution in [2.45, 2.75) is 44.7 Å². The van der Waals surface area contributed by atoms with Gasteiger partial charge in [0.2, 0.25) is 0 Å². The molecule has 1 saturated carbocycles. The second-order valence-electron chi connectivity index (χ2n) is 9.11. The van der Waals surface area contributed by atoms with Crippen molar-refractivity contribution in [3.8, 4) is 11.3 Å². The maximum Gasteiger partial charge on any atom is 0.259 e. The summed E-state index contributed by atoms with van der Waals surface area (Å²) in [7, 11) is 0. The lowest BCUT2D eigenvalue weighted by atomic mass is 9.91. The molecule has 1 amide bonds. The molecule has 0 aliphatic heterocycles. The Morgan fingerprint density at radius 1 is 1.23 bits per heavy atom. The molecule has 35 heavy (non-hydrogen) atoms. The first-order valence-corrected chi connectivity index (χ1v) is 11.1. The van der Waals surface area contributed by atoms with Crippen molar-refractivity contribution in [2.24, 2.45) is 27.3 Å². The highest BCUT2D eigenvalue weighted by atomic mass is 16.3. The summed E-state index contributed by atoms with van der Waals surface area (Å²) in [6.45, 7) is 3.64. The fraction of sp³-hybridized carbons (Fsp3) is 0.348. The number of amides is 1. The van der Waals surface area contributed by atoms with Crippen LogP contribution < -0.4 is 11.2 Å². The molecule has 1 aliphatic rings. The largest absolute Gasteiger partial charge is 0.310 e. The average molecular weight is 475 g/mol. The summed E-state index contributed by atoms with van der Waals surface area (Å²) in [4.78, 5) is 32.2. The molecule has 0 bridgehead atoms. The Morgan fingerprint density at radius 3 is 2.57 bits per heavy atom. The van der Waals surface area contributed by atoms with E-state index in [4.69, 9.17) is 11.3 Å². The molecule has 4 rings (SSSR count). The Labute approximate surface area is 201 Å². The van der Waals surface area contributed by atoms with E-state index < -0.39 is 11.4 Å². The standard InChI is InChI=1S/C23H26N10O2/c1-23(2,31-35)13-33-12-17(9-28-33)22(34)29-21(24)20(16-7-8-16)15-5-3-14(4-6-15)18-10-27-19(11-26-18)30-32-25/h3-6,9-12,16,20H,7-8,13H2,1-2H3,(H2,24,29,34)(H2,25,27,30)/t20-/m0/s1. The second-order valence-corrected chi connectivity index (χ2v) is 9.11. The van der Waals surface area contributed by atoms with Crippen LogP contribution in [0.3, 0.4) is 0 Å². The molecule has 1 fully saturated rings. The molecule has 3 aromatic rings. The molecule has 12 nitrogen and oxygen atoms in total. The second kappa shape index (κ2) is 9.87. The number of hydrogen-bond acceptors (Lipinski definition) is 9. The van der Waals surface area contributed by atoms with E-state index in [1.807, 2.05) is 24.3 Å². The zero-order valence-corrected chi connectivity index (χ0v) is 19.4. The Balaban J connectivity index is 1.45. The molecule has 4 N–H and O–H groups in total. The lowest BCUT2D eigenvalue weighted by molar-refractivity contribution is 0.0975. The van der Waals surface area contributed by atoms with Gasteiger partial charge in [-0.05, 0) is 38.2 Å². The van der Waals surface area contributed by atoms with Crippen LogP contribution in [0.5, 0.6) is 0 Å². The van der Waals surface area contributed by atoms with Crippen LogP contribution in [0.2, 0.25) is 0 Å². The summed E-state index contributed by atoms with van der Waals surface area (Å²) >= 11 is 0. The maximum absolute atomic E-state index is 12.8. The van der Waals surface area contributed by atoms with Crippen LogP contribution in [0.1, 0.15) is 48.5 Å². The van der Waals surface area contributed by atoms with Gasteiger partial charge in [-0.1, -0.05) is 34.7 Å². The number of nitrogens with zero attached hydrogens (tertiary/aromatic N) is 7. The van der Waals surface area contributed by atoms with E-state index in [1.165, 1.54) is 17.1 Å². The number of benzene rings is 1. The van der Waals surface area contributed by atoms with Crippen molar-refractivity contribution >= 4 is 17.6 Å². The minimum Gasteiger partial charge on any atom is -0.310 e. The molecule has 0 unspecified atom stereocenters. The molecule has 0 saturated heterocycles. The third-order valence-electron chi connectivity index (χ3n) is 5.71. The first-order valence-electron chi connectivity index (χ1n) is 11.1. The van der Waals surface area contributed by atoms with Crippen molar-refractivity contribution in [1.29, 1.82) is 5.41 Å². The van der Waals surface area contributed by atoms with E-state index in [1.54, 1.807) is 26.2 Å². The molecule has 1 aliphatic carbocycles. The maximum atomic E-state index is 12.8. The van der Waals surface area contributed by atoms with Crippen molar-refractivity contribution in [1.82, 2.24) is 25.1 Å². The summed E-state index contributed by atoms with van der Waals surface area (Å²) in [5.74, 6) is 5.16. The number of hydrogen-bond donors (Lipinski definition) is 3. The van der Waals surface area contributed by atoms with E-state index in [9.17, 15) is 9.70 Å². The Kier molecular flexibility index (Phi) is 6.71. The Bertz CT molecular complexity index is 1240. The highest BCUT2D eigenvalue weighted by molar-refractivity contribution is 6.07. The smallest absolute Gasteiger partial charge is 0.259 e. The number of nitrogens with two attached hydrogens (primary N) is 1. The fourth-order valence-electron chi connectivity index (χ4n) is 3.81. The molecule has 12 heteroatoms. The number of carbonyl (C=O) groups excluding carboxylic acids is 1. The van der Waals surface area contributed by atoms with Gasteiger partial charge in [-0.15, -0.1) is 5.11 Å². The molecular formula is C23H26N10O2. The summed E-state index contributed by atoms with van der Waals surface area (Å²) in [6.07, 6.45) is 8.05. The zero-order chi connectivity index (χ0) is 25.0. The van der Waals surface area contributed by atoms with Gasteiger partial charge in [-0.25, -0.2) is 4.98 Å². The van der Waals surface area contributed by atoms with Crippen molar-refractivity contribution in [3.05, 3.63) is 65.1 Å². The van der Waals surface area contributed by atoms with Gasteiger partial charge in [0.15, 0.2) is 5.82 Å². The minimum absolute atomic E-state index is 0.143. The fourth-order valence-corrected chi connectivity index (χ4v) is 3.81. The van der Waals surface area contributed by atoms with Gasteiger partial charge in [0.25, 0.3) is 5.91 Å². The van der Waals surface area contributed by atoms with Crippen LogP contribution in [0, 0.1) is 16.2 Å². The molecule has 1 atom stereocenters. The topological polar surface area (TPSA) is 177 Å². The molecule has 0 spiro atoms. The van der Waals surface area contributed by atoms with Crippen LogP contribution in [0.25, 0.3) is 11.3 Å². The molecule has 2 aromatic heterocycles. The van der Waals surface area contributed by atoms with E-state index in [0.29, 0.717) is 23.0 Å². The molecular weight excluding hydrogens is 448 g/mol. The van der Waals surface area contributed by atoms with E-state index in [0.717, 1.165) is 24.0 Å². The average Bonchev–Trinajstić information content (AvgIpc) is 3.57. The number of aromatic nitrogens is 4. The third-order valence-corrected chi connectivity index (χ3v) is 5.71. The first kappa shape index (κ1) is 23.8. The summed E-state index contributed by atoms with van der Waals surface area (Å²) in [6, 6.07) is 7.73. The van der Waals surface area contributed by atoms with Crippen molar-refractivity contribution < 1.29 is 4.79 Å². The quantitative estimate of drug-likeness (QED) is 0.106. The number of carbonyl (C=O) groups is 1. The van der Waals surface area contributed by atoms with Crippen LogP contribution in [0.4, 0.5) is 5.82 Å². The number of nitroso groups, excluding NO2 is 1. The summed E-state index contributed by atoms with van der Waals surface area (Å²) in [5, 5.41) is 25.4. The highest BCUT2D eigenvalue weighted by Gasteiger charge is 2.36. The van der Waals surface area contributed by atoms with Crippen LogP contribution in [0.15, 0.2) is 64.6 Å².